The molecule has 1 radical (unpaired) electrons. The van der Waals surface area contributed by atoms with Crippen LogP contribution in [0.5, 0.6) is 11.5 Å². The van der Waals surface area contributed by atoms with Crippen LogP contribution in [0.25, 0.3) is 21.8 Å². The van der Waals surface area contributed by atoms with Gasteiger partial charge in [0.1, 0.15) is 26.1 Å². The number of pyridine rings is 2. The van der Waals surface area contributed by atoms with Gasteiger partial charge in [0, 0.05) is 31.2 Å². The molecule has 0 unspecified atom stereocenters. The van der Waals surface area contributed by atoms with E-state index in [1.54, 1.807) is 6.20 Å². The number of hydrogen-bond donors (Lipinski definition) is 0. The van der Waals surface area contributed by atoms with Gasteiger partial charge in [-0.25, -0.2) is 4.98 Å². The average molecular weight is 635 g/mol. The first-order valence-corrected chi connectivity index (χ1v) is 10.1. The number of ether oxygens (including phenoxy) is 2. The van der Waals surface area contributed by atoms with Crippen LogP contribution in [0.4, 0.5) is 0 Å². The normalized spacial score (nSPS) is 9.09. The first kappa shape index (κ1) is 31.8. The number of unbranched alkanes of at least 4 members (excludes halogenated alkanes) is 2. The van der Waals surface area contributed by atoms with Crippen LogP contribution in [0.2, 0.25) is 5.15 Å². The number of nitrogens with zero attached hydrogens (tertiary/aromatic N) is 2. The van der Waals surface area contributed by atoms with Crippen LogP contribution in [0, 0.1) is 0 Å². The Morgan fingerprint density at radius 3 is 1.94 bits per heavy atom. The minimum Gasteiger partial charge on any atom is -0.492 e. The fourth-order valence-corrected chi connectivity index (χ4v) is 2.80. The molecular formula is C23H29ClN2O5Re. The Morgan fingerprint density at radius 2 is 1.38 bits per heavy atom. The van der Waals surface area contributed by atoms with E-state index in [-0.39, 0.29) is 20.4 Å². The van der Waals surface area contributed by atoms with E-state index < -0.39 is 0 Å². The van der Waals surface area contributed by atoms with Gasteiger partial charge < -0.3 is 23.9 Å². The molecule has 0 aliphatic carbocycles. The summed E-state index contributed by atoms with van der Waals surface area (Å²) in [6, 6.07) is 7.99. The van der Waals surface area contributed by atoms with Crippen molar-refractivity contribution in [2.75, 3.05) is 13.2 Å². The second-order valence-electron chi connectivity index (χ2n) is 6.06. The molecule has 0 atom stereocenters. The maximum atomic E-state index is 8.00. The predicted octanol–water partition coefficient (Wildman–Crippen LogP) is 5.24. The summed E-state index contributed by atoms with van der Waals surface area (Å²) in [7, 11) is 0. The standard InChI is InChI=1S/C20H23ClN2O2.3CH2O.Re/c1-3-5-9-24-16-11-14-7-8-15-12-17(25-10-6-4-2)20(21)23-19(15)18(14)22-13-16;3*1-2;/h7-8,11-13H,3-6,9-10H2,1-2H3;3*1H2;. The molecule has 0 saturated heterocycles. The Labute approximate surface area is 207 Å². The number of rotatable bonds is 8. The van der Waals surface area contributed by atoms with Gasteiger partial charge in [0.05, 0.1) is 30.4 Å². The Bertz CT molecular complexity index is 925. The number of carbonyl (C=O) groups excluding carboxylic acids is 3. The molecule has 9 heteroatoms. The van der Waals surface area contributed by atoms with Crippen molar-refractivity contribution in [3.8, 4) is 11.5 Å². The van der Waals surface area contributed by atoms with E-state index in [1.165, 1.54) is 0 Å². The van der Waals surface area contributed by atoms with Gasteiger partial charge in [0.25, 0.3) is 0 Å². The number of benzene rings is 1. The molecule has 2 aromatic heterocycles. The molecule has 0 aliphatic heterocycles. The third-order valence-corrected chi connectivity index (χ3v) is 4.33. The largest absolute Gasteiger partial charge is 0.492 e. The van der Waals surface area contributed by atoms with Gasteiger partial charge in [-0.05, 0) is 25.0 Å². The zero-order valence-electron chi connectivity index (χ0n) is 18.4. The molecule has 0 fully saturated rings. The SMILES string of the molecule is C=O.C=O.C=O.CCCCOc1cnc2c(ccc3cc(OCCCC)c(Cl)nc32)c1.[Re]. The monoisotopic (exact) mass is 635 g/mol. The summed E-state index contributed by atoms with van der Waals surface area (Å²) < 4.78 is 11.5. The summed E-state index contributed by atoms with van der Waals surface area (Å²) in [5, 5.41) is 2.33. The smallest absolute Gasteiger partial charge is 0.171 e. The second-order valence-corrected chi connectivity index (χ2v) is 6.42. The molecule has 0 bridgehead atoms. The number of aromatic nitrogens is 2. The van der Waals surface area contributed by atoms with Crippen LogP contribution < -0.4 is 9.47 Å². The van der Waals surface area contributed by atoms with E-state index >= 15 is 0 Å². The molecule has 32 heavy (non-hydrogen) atoms. The third-order valence-electron chi connectivity index (χ3n) is 4.05. The third kappa shape index (κ3) is 9.39. The van der Waals surface area contributed by atoms with Crippen LogP contribution in [-0.2, 0) is 34.8 Å². The van der Waals surface area contributed by atoms with Crippen molar-refractivity contribution in [3.05, 3.63) is 35.6 Å². The van der Waals surface area contributed by atoms with Gasteiger partial charge in [-0.3, -0.25) is 4.98 Å². The van der Waals surface area contributed by atoms with Crippen molar-refractivity contribution in [3.63, 3.8) is 0 Å². The molecule has 1 aromatic carbocycles. The Hall–Kier alpha value is -2.40. The Balaban J connectivity index is 0. The molecule has 2 heterocycles. The quantitative estimate of drug-likeness (QED) is 0.190. The van der Waals surface area contributed by atoms with E-state index in [0.717, 1.165) is 53.2 Å². The van der Waals surface area contributed by atoms with Crippen molar-refractivity contribution in [1.29, 1.82) is 0 Å². The van der Waals surface area contributed by atoms with Crippen LogP contribution in [0.1, 0.15) is 39.5 Å². The van der Waals surface area contributed by atoms with Crippen molar-refractivity contribution < 1.29 is 44.3 Å². The van der Waals surface area contributed by atoms with E-state index in [9.17, 15) is 0 Å². The number of carbonyl (C=O) groups is 3. The molecule has 0 N–H and O–H groups in total. The topological polar surface area (TPSA) is 95.5 Å². The van der Waals surface area contributed by atoms with Gasteiger partial charge in [-0.1, -0.05) is 50.4 Å². The maximum Gasteiger partial charge on any atom is 0.171 e. The second kappa shape index (κ2) is 19.3. The first-order chi connectivity index (χ1) is 15.2. The van der Waals surface area contributed by atoms with Gasteiger partial charge in [0.2, 0.25) is 0 Å². The number of fused-ring (bicyclic) bond motifs is 3. The van der Waals surface area contributed by atoms with Crippen molar-refractivity contribution in [1.82, 2.24) is 9.97 Å². The van der Waals surface area contributed by atoms with Crippen molar-refractivity contribution >= 4 is 53.8 Å². The molecule has 3 aromatic rings. The average Bonchev–Trinajstić information content (AvgIpc) is 2.83. The van der Waals surface area contributed by atoms with Crippen LogP contribution in [0.15, 0.2) is 30.5 Å². The number of hydrogen-bond acceptors (Lipinski definition) is 7. The van der Waals surface area contributed by atoms with Gasteiger partial charge in [-0.2, -0.15) is 0 Å². The van der Waals surface area contributed by atoms with E-state index in [0.29, 0.717) is 24.1 Å². The van der Waals surface area contributed by atoms with Crippen LogP contribution >= 0.6 is 11.6 Å². The maximum absolute atomic E-state index is 8.00. The fraction of sp³-hybridized carbons (Fsp3) is 0.348. The van der Waals surface area contributed by atoms with Crippen molar-refractivity contribution in [2.45, 2.75) is 39.5 Å². The molecule has 3 rings (SSSR count). The molecule has 0 saturated carbocycles. The minimum absolute atomic E-state index is 0. The van der Waals surface area contributed by atoms with E-state index in [2.05, 4.69) is 23.8 Å². The summed E-state index contributed by atoms with van der Waals surface area (Å²) in [5.74, 6) is 1.41. The Kier molecular flexibility index (Phi) is 19.2. The van der Waals surface area contributed by atoms with Gasteiger partial charge >= 0.3 is 0 Å². The van der Waals surface area contributed by atoms with Gasteiger partial charge in [-0.15, -0.1) is 0 Å². The summed E-state index contributed by atoms with van der Waals surface area (Å²) in [4.78, 5) is 33.1. The summed E-state index contributed by atoms with van der Waals surface area (Å²) in [6.45, 7) is 11.6. The van der Waals surface area contributed by atoms with Gasteiger partial charge in [0.15, 0.2) is 10.9 Å². The van der Waals surface area contributed by atoms with Crippen LogP contribution in [-0.4, -0.2) is 43.5 Å². The Morgan fingerprint density at radius 1 is 0.844 bits per heavy atom. The number of halogens is 1. The fourth-order valence-electron chi connectivity index (χ4n) is 2.61. The van der Waals surface area contributed by atoms with Crippen molar-refractivity contribution in [2.24, 2.45) is 0 Å². The molecular weight excluding hydrogens is 606 g/mol. The molecule has 0 amide bonds. The minimum atomic E-state index is 0. The van der Waals surface area contributed by atoms with E-state index in [1.807, 2.05) is 44.6 Å². The molecule has 175 valence electrons. The first-order valence-electron chi connectivity index (χ1n) is 9.74. The predicted molar refractivity (Wildman–Crippen MR) is 124 cm³/mol. The summed E-state index contributed by atoms with van der Waals surface area (Å²) in [6.07, 6.45) is 5.97. The zero-order chi connectivity index (χ0) is 23.6. The molecule has 7 nitrogen and oxygen atoms in total. The zero-order valence-corrected chi connectivity index (χ0v) is 21.9. The molecule has 0 spiro atoms. The van der Waals surface area contributed by atoms with E-state index in [4.69, 9.17) is 35.5 Å². The molecule has 0 aliphatic rings. The van der Waals surface area contributed by atoms with Crippen LogP contribution in [0.3, 0.4) is 0 Å². The summed E-state index contributed by atoms with van der Waals surface area (Å²) in [5.41, 5.74) is 1.60. The summed E-state index contributed by atoms with van der Waals surface area (Å²) >= 11 is 6.31.